The molecule has 0 unspecified atom stereocenters. The first-order chi connectivity index (χ1) is 12.5. The van der Waals surface area contributed by atoms with Gasteiger partial charge < -0.3 is 19.6 Å². The molecular weight excluding hydrogens is 328 g/mol. The predicted octanol–water partition coefficient (Wildman–Crippen LogP) is 2.60. The van der Waals surface area contributed by atoms with Crippen molar-refractivity contribution in [2.45, 2.75) is 37.8 Å². The maximum Gasteiger partial charge on any atom is 0.253 e. The van der Waals surface area contributed by atoms with Gasteiger partial charge in [0.05, 0.1) is 6.10 Å². The normalized spacial score (nSPS) is 31.3. The second-order valence-corrected chi connectivity index (χ2v) is 8.59. The van der Waals surface area contributed by atoms with Gasteiger partial charge in [0.1, 0.15) is 5.75 Å². The Morgan fingerprint density at radius 3 is 2.42 bits per heavy atom. The molecule has 1 N–H and O–H groups in total. The maximum absolute atomic E-state index is 12.8. The van der Waals surface area contributed by atoms with E-state index in [-0.39, 0.29) is 17.8 Å². The Kier molecular flexibility index (Phi) is 4.93. The number of rotatable bonds is 5. The Bertz CT molecular complexity index is 641. The molecular formula is C21H30N2O3. The molecule has 4 rings (SSSR count). The number of amides is 1. The van der Waals surface area contributed by atoms with Gasteiger partial charge in [0.25, 0.3) is 5.91 Å². The molecule has 0 aromatic heterocycles. The van der Waals surface area contributed by atoms with Gasteiger partial charge in [-0.05, 0) is 81.8 Å². The summed E-state index contributed by atoms with van der Waals surface area (Å²) in [6, 6.07) is 7.03. The summed E-state index contributed by atoms with van der Waals surface area (Å²) in [5.41, 5.74) is 0.659. The van der Waals surface area contributed by atoms with Crippen molar-refractivity contribution in [3.63, 3.8) is 0 Å². The standard InChI is InChI=1S/C21H30N2O3/c1-22(2)19-9-16-11-23(21(25)15-5-7-18(24)8-6-15)12-17(16)10-20(19)26-13-14-3-4-14/h5-8,14,16-17,19-20,24H,3-4,9-13H2,1-2H3/t16-,17+,19-,20-/m1/s1. The molecule has 5 heteroatoms. The zero-order valence-electron chi connectivity index (χ0n) is 15.8. The predicted molar refractivity (Wildman–Crippen MR) is 100 cm³/mol. The van der Waals surface area contributed by atoms with Crippen LogP contribution in [-0.2, 0) is 4.74 Å². The number of likely N-dealkylation sites (N-methyl/N-ethyl adjacent to an activating group) is 1. The highest BCUT2D eigenvalue weighted by Crippen LogP contribution is 2.40. The molecule has 1 amide bonds. The zero-order chi connectivity index (χ0) is 18.3. The molecule has 142 valence electrons. The number of carbonyl (C=O) groups excluding carboxylic acids is 1. The van der Waals surface area contributed by atoms with E-state index < -0.39 is 0 Å². The van der Waals surface area contributed by atoms with E-state index >= 15 is 0 Å². The van der Waals surface area contributed by atoms with Gasteiger partial charge in [-0.3, -0.25) is 4.79 Å². The van der Waals surface area contributed by atoms with E-state index in [0.29, 0.717) is 23.4 Å². The van der Waals surface area contributed by atoms with Crippen molar-refractivity contribution in [3.8, 4) is 5.75 Å². The van der Waals surface area contributed by atoms with Crippen molar-refractivity contribution in [1.29, 1.82) is 0 Å². The van der Waals surface area contributed by atoms with Gasteiger partial charge in [-0.15, -0.1) is 0 Å². The molecule has 1 aromatic rings. The van der Waals surface area contributed by atoms with Gasteiger partial charge in [0.2, 0.25) is 0 Å². The summed E-state index contributed by atoms with van der Waals surface area (Å²) in [6.07, 6.45) is 5.09. The van der Waals surface area contributed by atoms with E-state index in [0.717, 1.165) is 38.5 Å². The molecule has 3 fully saturated rings. The minimum atomic E-state index is 0.0799. The molecule has 0 bridgehead atoms. The van der Waals surface area contributed by atoms with Crippen molar-refractivity contribution in [1.82, 2.24) is 9.80 Å². The number of likely N-dealkylation sites (tertiary alicyclic amines) is 1. The highest BCUT2D eigenvalue weighted by atomic mass is 16.5. The number of benzene rings is 1. The number of ether oxygens (including phenoxy) is 1. The van der Waals surface area contributed by atoms with Crippen LogP contribution in [0.5, 0.6) is 5.75 Å². The van der Waals surface area contributed by atoms with Gasteiger partial charge in [0, 0.05) is 31.3 Å². The van der Waals surface area contributed by atoms with Crippen LogP contribution in [0.15, 0.2) is 24.3 Å². The lowest BCUT2D eigenvalue weighted by molar-refractivity contribution is -0.0493. The van der Waals surface area contributed by atoms with Crippen molar-refractivity contribution < 1.29 is 14.6 Å². The van der Waals surface area contributed by atoms with Crippen molar-refractivity contribution in [3.05, 3.63) is 29.8 Å². The number of nitrogens with zero attached hydrogens (tertiary/aromatic N) is 2. The Labute approximate surface area is 155 Å². The topological polar surface area (TPSA) is 53.0 Å². The van der Waals surface area contributed by atoms with Crippen LogP contribution in [0.1, 0.15) is 36.0 Å². The highest BCUT2D eigenvalue weighted by Gasteiger charge is 2.45. The number of phenols is 1. The van der Waals surface area contributed by atoms with Gasteiger partial charge in [-0.2, -0.15) is 0 Å². The Morgan fingerprint density at radius 1 is 1.15 bits per heavy atom. The molecule has 4 atom stereocenters. The van der Waals surface area contributed by atoms with Crippen molar-refractivity contribution >= 4 is 5.91 Å². The lowest BCUT2D eigenvalue weighted by Gasteiger charge is -2.41. The molecule has 1 heterocycles. The van der Waals surface area contributed by atoms with Crippen LogP contribution in [0.25, 0.3) is 0 Å². The smallest absolute Gasteiger partial charge is 0.253 e. The fourth-order valence-corrected chi connectivity index (χ4v) is 4.61. The quantitative estimate of drug-likeness (QED) is 0.879. The third kappa shape index (κ3) is 3.74. The number of carbonyl (C=O) groups is 1. The minimum absolute atomic E-state index is 0.0799. The molecule has 26 heavy (non-hydrogen) atoms. The average molecular weight is 358 g/mol. The maximum atomic E-state index is 12.8. The SMILES string of the molecule is CN(C)[C@@H]1C[C@@H]2CN(C(=O)c3ccc(O)cc3)C[C@@H]2C[C@H]1OCC1CC1. The summed E-state index contributed by atoms with van der Waals surface area (Å²) in [7, 11) is 4.29. The molecule has 5 nitrogen and oxygen atoms in total. The summed E-state index contributed by atoms with van der Waals surface area (Å²) in [5, 5.41) is 9.43. The second-order valence-electron chi connectivity index (χ2n) is 8.59. The van der Waals surface area contributed by atoms with Crippen LogP contribution in [0.2, 0.25) is 0 Å². The van der Waals surface area contributed by atoms with E-state index in [2.05, 4.69) is 19.0 Å². The van der Waals surface area contributed by atoms with E-state index in [9.17, 15) is 9.90 Å². The van der Waals surface area contributed by atoms with Crippen molar-refractivity contribution in [2.75, 3.05) is 33.8 Å². The average Bonchev–Trinajstić information content (AvgIpc) is 3.36. The van der Waals surface area contributed by atoms with Gasteiger partial charge in [0.15, 0.2) is 0 Å². The molecule has 3 aliphatic rings. The highest BCUT2D eigenvalue weighted by molar-refractivity contribution is 5.94. The first kappa shape index (κ1) is 17.8. The molecule has 2 aliphatic carbocycles. The Morgan fingerprint density at radius 2 is 1.81 bits per heavy atom. The van der Waals surface area contributed by atoms with E-state index in [1.165, 1.54) is 12.8 Å². The fraction of sp³-hybridized carbons (Fsp3) is 0.667. The number of fused-ring (bicyclic) bond motifs is 1. The van der Waals surface area contributed by atoms with Crippen LogP contribution in [0, 0.1) is 17.8 Å². The zero-order valence-corrected chi connectivity index (χ0v) is 15.8. The summed E-state index contributed by atoms with van der Waals surface area (Å²) in [4.78, 5) is 17.1. The minimum Gasteiger partial charge on any atom is -0.508 e. The molecule has 0 spiro atoms. The number of aromatic hydroxyl groups is 1. The van der Waals surface area contributed by atoms with Crippen LogP contribution in [0.3, 0.4) is 0 Å². The van der Waals surface area contributed by atoms with E-state index in [1.54, 1.807) is 24.3 Å². The van der Waals surface area contributed by atoms with Crippen LogP contribution in [0.4, 0.5) is 0 Å². The number of hydrogen-bond acceptors (Lipinski definition) is 4. The summed E-state index contributed by atoms with van der Waals surface area (Å²) >= 11 is 0. The van der Waals surface area contributed by atoms with Crippen molar-refractivity contribution in [2.24, 2.45) is 17.8 Å². The summed E-state index contributed by atoms with van der Waals surface area (Å²) in [6.45, 7) is 2.57. The van der Waals surface area contributed by atoms with Gasteiger partial charge >= 0.3 is 0 Å². The Hall–Kier alpha value is -1.59. The molecule has 1 saturated heterocycles. The summed E-state index contributed by atoms with van der Waals surface area (Å²) in [5.74, 6) is 2.16. The monoisotopic (exact) mass is 358 g/mol. The molecule has 1 aliphatic heterocycles. The fourth-order valence-electron chi connectivity index (χ4n) is 4.61. The third-order valence-corrected chi connectivity index (χ3v) is 6.39. The molecule has 0 radical (unpaired) electrons. The largest absolute Gasteiger partial charge is 0.508 e. The first-order valence-corrected chi connectivity index (χ1v) is 9.87. The van der Waals surface area contributed by atoms with E-state index in [1.807, 2.05) is 4.90 Å². The van der Waals surface area contributed by atoms with Gasteiger partial charge in [-0.25, -0.2) is 0 Å². The second kappa shape index (κ2) is 7.20. The lowest BCUT2D eigenvalue weighted by atomic mass is 9.77. The molecule has 2 saturated carbocycles. The third-order valence-electron chi connectivity index (χ3n) is 6.39. The lowest BCUT2D eigenvalue weighted by Crippen LogP contribution is -2.48. The Balaban J connectivity index is 1.41. The summed E-state index contributed by atoms with van der Waals surface area (Å²) < 4.78 is 6.31. The molecule has 1 aromatic carbocycles. The number of hydrogen-bond donors (Lipinski definition) is 1. The van der Waals surface area contributed by atoms with Crippen LogP contribution < -0.4 is 0 Å². The first-order valence-electron chi connectivity index (χ1n) is 9.87. The van der Waals surface area contributed by atoms with E-state index in [4.69, 9.17) is 4.74 Å². The van der Waals surface area contributed by atoms with Gasteiger partial charge in [-0.1, -0.05) is 0 Å². The van der Waals surface area contributed by atoms with Crippen LogP contribution >= 0.6 is 0 Å². The van der Waals surface area contributed by atoms with Crippen LogP contribution in [-0.4, -0.2) is 66.8 Å². The number of phenolic OH excluding ortho intramolecular Hbond substituents is 1.